The summed E-state index contributed by atoms with van der Waals surface area (Å²) >= 11 is 0. The van der Waals surface area contributed by atoms with Crippen LogP contribution in [-0.4, -0.2) is 56.8 Å². The summed E-state index contributed by atoms with van der Waals surface area (Å²) < 4.78 is 56.0. The number of sulfone groups is 1. The van der Waals surface area contributed by atoms with Crippen molar-refractivity contribution in [3.63, 3.8) is 0 Å². The lowest BCUT2D eigenvalue weighted by Gasteiger charge is -2.30. The second-order valence-corrected chi connectivity index (χ2v) is 12.8. The van der Waals surface area contributed by atoms with E-state index in [1.54, 1.807) is 0 Å². The Morgan fingerprint density at radius 2 is 1.77 bits per heavy atom. The van der Waals surface area contributed by atoms with Crippen LogP contribution in [-0.2, 0) is 30.4 Å². The molecule has 2 aromatic rings. The van der Waals surface area contributed by atoms with Crippen LogP contribution in [0.4, 0.5) is 5.82 Å². The van der Waals surface area contributed by atoms with Gasteiger partial charge in [-0.2, -0.15) is 4.31 Å². The van der Waals surface area contributed by atoms with Crippen molar-refractivity contribution in [2.45, 2.75) is 68.6 Å². The van der Waals surface area contributed by atoms with E-state index in [2.05, 4.69) is 17.4 Å². The van der Waals surface area contributed by atoms with Crippen LogP contribution in [0.1, 0.15) is 68.0 Å². The summed E-state index contributed by atoms with van der Waals surface area (Å²) in [6.45, 7) is 2.14. The van der Waals surface area contributed by atoms with E-state index in [1.807, 2.05) is 0 Å². The van der Waals surface area contributed by atoms with Crippen LogP contribution >= 0.6 is 0 Å². The molecule has 192 valence electrons. The fourth-order valence-electron chi connectivity index (χ4n) is 3.99. The third kappa shape index (κ3) is 6.56. The number of carbonyl (C=O) groups excluding carboxylic acids is 2. The maximum absolute atomic E-state index is 12.8. The van der Waals surface area contributed by atoms with Gasteiger partial charge >= 0.3 is 0 Å². The van der Waals surface area contributed by atoms with Gasteiger partial charge in [0.1, 0.15) is 5.75 Å². The zero-order valence-electron chi connectivity index (χ0n) is 19.9. The molecule has 0 aliphatic carbocycles. The third-order valence-corrected chi connectivity index (χ3v) is 9.42. The monoisotopic (exact) mass is 525 g/mol. The van der Waals surface area contributed by atoms with Crippen LogP contribution < -0.4 is 5.32 Å². The van der Waals surface area contributed by atoms with Gasteiger partial charge in [0.25, 0.3) is 5.91 Å². The second kappa shape index (κ2) is 11.4. The van der Waals surface area contributed by atoms with Crippen LogP contribution in [0.25, 0.3) is 0 Å². The smallest absolute Gasteiger partial charge is 0.252 e. The van der Waals surface area contributed by atoms with Gasteiger partial charge in [-0.3, -0.25) is 9.59 Å². The highest BCUT2D eigenvalue weighted by atomic mass is 32.2. The third-order valence-electron chi connectivity index (χ3n) is 5.90. The van der Waals surface area contributed by atoms with Crippen molar-refractivity contribution >= 4 is 37.4 Å². The minimum Gasteiger partial charge on any atom is -0.358 e. The molecular weight excluding hydrogens is 494 g/mol. The van der Waals surface area contributed by atoms with Gasteiger partial charge in [0.05, 0.1) is 10.6 Å². The average Bonchev–Trinajstić information content (AvgIpc) is 3.23. The minimum absolute atomic E-state index is 0.0296. The van der Waals surface area contributed by atoms with E-state index in [4.69, 9.17) is 4.52 Å². The Labute approximate surface area is 206 Å². The molecule has 1 unspecified atom stereocenters. The Hall–Kier alpha value is -2.57. The number of Topliss-reactive ketones (excluding diaryl/α,β-unsaturated/α-hetero) is 1. The highest BCUT2D eigenvalue weighted by Crippen LogP contribution is 2.29. The molecule has 10 nitrogen and oxygen atoms in total. The first-order chi connectivity index (χ1) is 16.6. The molecule has 0 fully saturated rings. The molecule has 0 spiro atoms. The molecule has 0 saturated heterocycles. The van der Waals surface area contributed by atoms with Crippen molar-refractivity contribution in [3.05, 3.63) is 41.7 Å². The molecule has 0 saturated carbocycles. The zero-order chi connectivity index (χ0) is 25.6. The van der Waals surface area contributed by atoms with Gasteiger partial charge < -0.3 is 9.84 Å². The summed E-state index contributed by atoms with van der Waals surface area (Å²) in [5.74, 6) is -1.98. The molecule has 1 N–H and O–H groups in total. The summed E-state index contributed by atoms with van der Waals surface area (Å²) in [5, 5.41) is 6.01. The van der Waals surface area contributed by atoms with Crippen molar-refractivity contribution in [1.82, 2.24) is 9.46 Å². The number of rotatable bonds is 12. The molecule has 1 aliphatic heterocycles. The van der Waals surface area contributed by atoms with E-state index in [0.717, 1.165) is 39.2 Å². The molecule has 1 aromatic heterocycles. The SMILES string of the molecule is CCCCCCCCCS(=O)(=O)Cc1cc(NC(=O)C2C(=O)c3ccccc3S(=O)(=O)N2C)no1. The Balaban J connectivity index is 1.59. The van der Waals surface area contributed by atoms with Gasteiger partial charge in [0, 0.05) is 18.7 Å². The number of anilines is 1. The van der Waals surface area contributed by atoms with Crippen LogP contribution in [0.5, 0.6) is 0 Å². The average molecular weight is 526 g/mol. The normalized spacial score (nSPS) is 17.8. The van der Waals surface area contributed by atoms with Crippen molar-refractivity contribution in [2.75, 3.05) is 18.1 Å². The first-order valence-corrected chi connectivity index (χ1v) is 14.9. The number of likely N-dealkylation sites (N-methyl/N-ethyl adjacent to an activating group) is 1. The number of amides is 1. The van der Waals surface area contributed by atoms with Crippen LogP contribution in [0.3, 0.4) is 0 Å². The summed E-state index contributed by atoms with van der Waals surface area (Å²) in [5.41, 5.74) is -0.0666. The topological polar surface area (TPSA) is 144 Å². The fourth-order valence-corrected chi connectivity index (χ4v) is 6.82. The Bertz CT molecular complexity index is 1270. The molecule has 3 rings (SSSR count). The number of ketones is 1. The van der Waals surface area contributed by atoms with E-state index in [-0.39, 0.29) is 33.5 Å². The summed E-state index contributed by atoms with van der Waals surface area (Å²) in [4.78, 5) is 25.5. The molecular formula is C23H31N3O7S2. The maximum Gasteiger partial charge on any atom is 0.252 e. The fraction of sp³-hybridized carbons (Fsp3) is 0.522. The van der Waals surface area contributed by atoms with Gasteiger partial charge in [-0.05, 0) is 18.6 Å². The lowest BCUT2D eigenvalue weighted by Crippen LogP contribution is -2.53. The largest absolute Gasteiger partial charge is 0.358 e. The highest BCUT2D eigenvalue weighted by molar-refractivity contribution is 7.90. The van der Waals surface area contributed by atoms with E-state index in [1.165, 1.54) is 36.8 Å². The van der Waals surface area contributed by atoms with Crippen LogP contribution in [0.2, 0.25) is 0 Å². The molecule has 12 heteroatoms. The van der Waals surface area contributed by atoms with Crippen molar-refractivity contribution < 1.29 is 30.9 Å². The van der Waals surface area contributed by atoms with Crippen molar-refractivity contribution in [3.8, 4) is 0 Å². The number of aromatic nitrogens is 1. The summed E-state index contributed by atoms with van der Waals surface area (Å²) in [6, 6.07) is 5.31. The quantitative estimate of drug-likeness (QED) is 0.329. The molecule has 1 aromatic carbocycles. The van der Waals surface area contributed by atoms with E-state index >= 15 is 0 Å². The first-order valence-electron chi connectivity index (χ1n) is 11.6. The van der Waals surface area contributed by atoms with Crippen molar-refractivity contribution in [1.29, 1.82) is 0 Å². The lowest BCUT2D eigenvalue weighted by atomic mass is 10.0. The first kappa shape index (κ1) is 27.0. The van der Waals surface area contributed by atoms with Crippen molar-refractivity contribution in [2.24, 2.45) is 0 Å². The maximum atomic E-state index is 12.8. The highest BCUT2D eigenvalue weighted by Gasteiger charge is 2.45. The predicted octanol–water partition coefficient (Wildman–Crippen LogP) is 3.16. The van der Waals surface area contributed by atoms with E-state index in [0.29, 0.717) is 10.7 Å². The predicted molar refractivity (Wildman–Crippen MR) is 130 cm³/mol. The van der Waals surface area contributed by atoms with Gasteiger partial charge in [-0.25, -0.2) is 16.8 Å². The standard InChI is InChI=1S/C23H31N3O7S2/c1-3-4-5-6-7-8-11-14-34(29,30)16-17-15-20(25-33-17)24-23(28)21-22(27)18-12-9-10-13-19(18)35(31,32)26(21)2/h9-10,12-13,15,21H,3-8,11,14,16H2,1-2H3,(H,24,25,28). The number of carbonyl (C=O) groups is 2. The van der Waals surface area contributed by atoms with E-state index < -0.39 is 37.6 Å². The second-order valence-electron chi connectivity index (χ2n) is 8.67. The molecule has 0 radical (unpaired) electrons. The molecule has 1 aliphatic rings. The lowest BCUT2D eigenvalue weighted by molar-refractivity contribution is -0.118. The number of unbranched alkanes of at least 4 members (excludes halogenated alkanes) is 6. The van der Waals surface area contributed by atoms with Gasteiger partial charge in [0.15, 0.2) is 33.2 Å². The Kier molecular flexibility index (Phi) is 8.84. The van der Waals surface area contributed by atoms with Gasteiger partial charge in [0.2, 0.25) is 10.0 Å². The number of hydrogen-bond donors (Lipinski definition) is 1. The molecule has 1 amide bonds. The number of fused-ring (bicyclic) bond motifs is 1. The van der Waals surface area contributed by atoms with Gasteiger partial charge in [-0.1, -0.05) is 62.7 Å². The van der Waals surface area contributed by atoms with Gasteiger partial charge in [-0.15, -0.1) is 0 Å². The summed E-state index contributed by atoms with van der Waals surface area (Å²) in [7, 11) is -6.32. The number of hydrogen-bond acceptors (Lipinski definition) is 8. The molecule has 2 heterocycles. The Morgan fingerprint density at radius 3 is 2.49 bits per heavy atom. The van der Waals surface area contributed by atoms with Crippen LogP contribution in [0, 0.1) is 0 Å². The van der Waals surface area contributed by atoms with E-state index in [9.17, 15) is 26.4 Å². The Morgan fingerprint density at radius 1 is 1.11 bits per heavy atom. The summed E-state index contributed by atoms with van der Waals surface area (Å²) in [6.07, 6.45) is 7.03. The molecule has 0 bridgehead atoms. The zero-order valence-corrected chi connectivity index (χ0v) is 21.5. The molecule has 35 heavy (non-hydrogen) atoms. The van der Waals surface area contributed by atoms with Crippen LogP contribution in [0.15, 0.2) is 39.8 Å². The molecule has 1 atom stereocenters. The minimum atomic E-state index is -4.05. The number of sulfonamides is 1. The number of nitrogens with one attached hydrogen (secondary N) is 1. The number of benzene rings is 1. The number of nitrogens with zero attached hydrogens (tertiary/aromatic N) is 2.